The molecule has 0 radical (unpaired) electrons. The standard InChI is InChI=1S/C15H22N2O3/c1-9-4-5-12(8-9)17-11(3)13(6-7-14(18)19)10(2)16-15(17)20/h9,12H,4-8H2,1-3H3,(H,18,19). The molecule has 1 heterocycles. The third kappa shape index (κ3) is 2.92. The largest absolute Gasteiger partial charge is 0.481 e. The lowest BCUT2D eigenvalue weighted by Gasteiger charge is -2.20. The molecule has 5 heteroatoms. The number of carboxylic acids is 1. The first-order valence-electron chi connectivity index (χ1n) is 7.20. The second-order valence-corrected chi connectivity index (χ2v) is 5.88. The van der Waals surface area contributed by atoms with Crippen LogP contribution in [0.2, 0.25) is 0 Å². The Hall–Kier alpha value is -1.65. The highest BCUT2D eigenvalue weighted by Gasteiger charge is 2.26. The van der Waals surface area contributed by atoms with Gasteiger partial charge in [-0.3, -0.25) is 9.36 Å². The lowest BCUT2D eigenvalue weighted by Crippen LogP contribution is -2.30. The molecule has 0 bridgehead atoms. The number of aromatic nitrogens is 2. The monoisotopic (exact) mass is 278 g/mol. The van der Waals surface area contributed by atoms with E-state index in [0.29, 0.717) is 18.0 Å². The number of rotatable bonds is 4. The predicted octanol–water partition coefficient (Wildman–Crippen LogP) is 2.24. The van der Waals surface area contributed by atoms with Gasteiger partial charge in [-0.05, 0) is 51.0 Å². The normalized spacial score (nSPS) is 22.1. The first-order chi connectivity index (χ1) is 9.40. The summed E-state index contributed by atoms with van der Waals surface area (Å²) in [5.74, 6) is -0.189. The van der Waals surface area contributed by atoms with Gasteiger partial charge in [0, 0.05) is 23.9 Å². The molecule has 1 aromatic rings. The minimum Gasteiger partial charge on any atom is -0.481 e. The molecule has 1 aliphatic rings. The van der Waals surface area contributed by atoms with Crippen molar-refractivity contribution in [2.75, 3.05) is 0 Å². The highest BCUT2D eigenvalue weighted by atomic mass is 16.4. The molecule has 0 aliphatic heterocycles. The molecule has 1 aliphatic carbocycles. The van der Waals surface area contributed by atoms with Gasteiger partial charge in [0.1, 0.15) is 0 Å². The number of carbonyl (C=O) groups is 1. The molecule has 1 fully saturated rings. The van der Waals surface area contributed by atoms with E-state index in [1.807, 2.05) is 6.92 Å². The first-order valence-corrected chi connectivity index (χ1v) is 7.20. The summed E-state index contributed by atoms with van der Waals surface area (Å²) >= 11 is 0. The fourth-order valence-corrected chi connectivity index (χ4v) is 3.25. The van der Waals surface area contributed by atoms with Gasteiger partial charge in [-0.2, -0.15) is 4.98 Å². The van der Waals surface area contributed by atoms with Crippen LogP contribution in [0.4, 0.5) is 0 Å². The van der Waals surface area contributed by atoms with Crippen molar-refractivity contribution in [2.45, 2.75) is 58.9 Å². The van der Waals surface area contributed by atoms with Crippen molar-refractivity contribution in [2.24, 2.45) is 5.92 Å². The Balaban J connectivity index is 2.39. The average Bonchev–Trinajstić information content (AvgIpc) is 2.74. The lowest BCUT2D eigenvalue weighted by atomic mass is 10.1. The number of aliphatic carboxylic acids is 1. The van der Waals surface area contributed by atoms with Crippen LogP contribution in [0, 0.1) is 19.8 Å². The van der Waals surface area contributed by atoms with Gasteiger partial charge in [0.2, 0.25) is 0 Å². The van der Waals surface area contributed by atoms with Gasteiger partial charge >= 0.3 is 11.7 Å². The number of carboxylic acid groups (broad SMARTS) is 1. The number of hydrogen-bond acceptors (Lipinski definition) is 3. The second kappa shape index (κ2) is 5.77. The van der Waals surface area contributed by atoms with E-state index in [2.05, 4.69) is 11.9 Å². The Morgan fingerprint density at radius 1 is 1.40 bits per heavy atom. The van der Waals surface area contributed by atoms with Gasteiger partial charge in [-0.1, -0.05) is 6.92 Å². The SMILES string of the molecule is Cc1nc(=O)n(C2CCC(C)C2)c(C)c1CCC(=O)O. The van der Waals surface area contributed by atoms with E-state index in [1.165, 1.54) is 0 Å². The molecule has 1 saturated carbocycles. The molecule has 0 amide bonds. The van der Waals surface area contributed by atoms with Crippen LogP contribution < -0.4 is 5.69 Å². The van der Waals surface area contributed by atoms with Crippen LogP contribution in [0.5, 0.6) is 0 Å². The Morgan fingerprint density at radius 3 is 2.65 bits per heavy atom. The van der Waals surface area contributed by atoms with Gasteiger partial charge in [-0.25, -0.2) is 4.79 Å². The highest BCUT2D eigenvalue weighted by Crippen LogP contribution is 2.34. The van der Waals surface area contributed by atoms with Crippen molar-refractivity contribution >= 4 is 5.97 Å². The van der Waals surface area contributed by atoms with E-state index in [9.17, 15) is 9.59 Å². The Kier molecular flexibility index (Phi) is 4.26. The summed E-state index contributed by atoms with van der Waals surface area (Å²) < 4.78 is 1.79. The van der Waals surface area contributed by atoms with Crippen LogP contribution in [0.1, 0.15) is 55.6 Å². The van der Waals surface area contributed by atoms with E-state index >= 15 is 0 Å². The molecule has 1 N–H and O–H groups in total. The van der Waals surface area contributed by atoms with Crippen molar-refractivity contribution in [3.8, 4) is 0 Å². The zero-order valence-corrected chi connectivity index (χ0v) is 12.3. The van der Waals surface area contributed by atoms with Gasteiger partial charge in [0.15, 0.2) is 0 Å². The van der Waals surface area contributed by atoms with Crippen molar-refractivity contribution in [3.63, 3.8) is 0 Å². The predicted molar refractivity (Wildman–Crippen MR) is 76.0 cm³/mol. The molecular weight excluding hydrogens is 256 g/mol. The maximum absolute atomic E-state index is 12.2. The fourth-order valence-electron chi connectivity index (χ4n) is 3.25. The minimum absolute atomic E-state index is 0.0721. The number of aryl methyl sites for hydroxylation is 1. The van der Waals surface area contributed by atoms with Crippen molar-refractivity contribution in [1.29, 1.82) is 0 Å². The summed E-state index contributed by atoms with van der Waals surface area (Å²) in [5.41, 5.74) is 2.27. The third-order valence-corrected chi connectivity index (χ3v) is 4.33. The summed E-state index contributed by atoms with van der Waals surface area (Å²) in [5, 5.41) is 8.84. The van der Waals surface area contributed by atoms with Gasteiger partial charge < -0.3 is 5.11 Å². The summed E-state index contributed by atoms with van der Waals surface area (Å²) in [6.07, 6.45) is 3.65. The summed E-state index contributed by atoms with van der Waals surface area (Å²) in [6, 6.07) is 0.217. The zero-order chi connectivity index (χ0) is 14.9. The maximum Gasteiger partial charge on any atom is 0.348 e. The molecule has 110 valence electrons. The van der Waals surface area contributed by atoms with Gasteiger partial charge in [-0.15, -0.1) is 0 Å². The van der Waals surface area contributed by atoms with Crippen LogP contribution in [-0.4, -0.2) is 20.6 Å². The maximum atomic E-state index is 12.2. The molecule has 20 heavy (non-hydrogen) atoms. The van der Waals surface area contributed by atoms with Crippen molar-refractivity contribution in [1.82, 2.24) is 9.55 Å². The lowest BCUT2D eigenvalue weighted by molar-refractivity contribution is -0.136. The number of nitrogens with zero attached hydrogens (tertiary/aromatic N) is 2. The molecule has 2 rings (SSSR count). The molecule has 1 aromatic heterocycles. The van der Waals surface area contributed by atoms with Crippen molar-refractivity contribution in [3.05, 3.63) is 27.4 Å². The Bertz CT molecular complexity index is 577. The highest BCUT2D eigenvalue weighted by molar-refractivity contribution is 5.67. The molecule has 2 unspecified atom stereocenters. The van der Waals surface area contributed by atoms with Gasteiger partial charge in [0.25, 0.3) is 0 Å². The van der Waals surface area contributed by atoms with E-state index < -0.39 is 5.97 Å². The Labute approximate surface area is 118 Å². The minimum atomic E-state index is -0.823. The van der Waals surface area contributed by atoms with Crippen LogP contribution in [0.25, 0.3) is 0 Å². The van der Waals surface area contributed by atoms with Crippen LogP contribution in [-0.2, 0) is 11.2 Å². The molecule has 5 nitrogen and oxygen atoms in total. The van der Waals surface area contributed by atoms with Crippen LogP contribution in [0.15, 0.2) is 4.79 Å². The second-order valence-electron chi connectivity index (χ2n) is 5.88. The van der Waals surface area contributed by atoms with Crippen LogP contribution >= 0.6 is 0 Å². The average molecular weight is 278 g/mol. The summed E-state index contributed by atoms with van der Waals surface area (Å²) in [6.45, 7) is 5.90. The molecular formula is C15H22N2O3. The van der Waals surface area contributed by atoms with Crippen LogP contribution in [0.3, 0.4) is 0 Å². The summed E-state index contributed by atoms with van der Waals surface area (Å²) in [4.78, 5) is 27.0. The fraction of sp³-hybridized carbons (Fsp3) is 0.667. The topological polar surface area (TPSA) is 72.2 Å². The summed E-state index contributed by atoms with van der Waals surface area (Å²) in [7, 11) is 0. The molecule has 2 atom stereocenters. The van der Waals surface area contributed by atoms with Gasteiger partial charge in [0.05, 0.1) is 0 Å². The van der Waals surface area contributed by atoms with Crippen molar-refractivity contribution < 1.29 is 9.90 Å². The van der Waals surface area contributed by atoms with E-state index in [0.717, 1.165) is 30.5 Å². The third-order valence-electron chi connectivity index (χ3n) is 4.33. The van der Waals surface area contributed by atoms with E-state index in [-0.39, 0.29) is 18.2 Å². The van der Waals surface area contributed by atoms with E-state index in [4.69, 9.17) is 5.11 Å². The zero-order valence-electron chi connectivity index (χ0n) is 12.3. The van der Waals surface area contributed by atoms with E-state index in [1.54, 1.807) is 11.5 Å². The molecule has 0 aromatic carbocycles. The quantitative estimate of drug-likeness (QED) is 0.916. The Morgan fingerprint density at radius 2 is 2.10 bits per heavy atom. The first kappa shape index (κ1) is 14.8. The number of hydrogen-bond donors (Lipinski definition) is 1. The molecule has 0 saturated heterocycles. The smallest absolute Gasteiger partial charge is 0.348 e. The molecule has 0 spiro atoms.